The van der Waals surface area contributed by atoms with Crippen LogP contribution in [0.1, 0.15) is 96.9 Å². The molecule has 1 aromatic heterocycles. The lowest BCUT2D eigenvalue weighted by molar-refractivity contribution is -0.199. The Hall–Kier alpha value is -3.72. The Kier molecular flexibility index (Phi) is 10.1. The number of tetrazole rings is 1. The van der Waals surface area contributed by atoms with Crippen molar-refractivity contribution in [1.29, 1.82) is 0 Å². The minimum atomic E-state index is -0.752. The zero-order valence-corrected chi connectivity index (χ0v) is 30.4. The molecule has 2 aromatic rings. The molecule has 2 heterocycles. The normalized spacial score (nSPS) is 24.7. The number of aromatic nitrogens is 4. The van der Waals surface area contributed by atoms with E-state index in [2.05, 4.69) is 46.9 Å². The van der Waals surface area contributed by atoms with Crippen LogP contribution in [0.15, 0.2) is 18.2 Å². The van der Waals surface area contributed by atoms with Crippen LogP contribution < -0.4 is 15.4 Å². The summed E-state index contributed by atoms with van der Waals surface area (Å²) in [4.78, 5) is 38.9. The van der Waals surface area contributed by atoms with Crippen molar-refractivity contribution in [2.24, 2.45) is 17.3 Å². The van der Waals surface area contributed by atoms with Gasteiger partial charge < -0.3 is 34.2 Å². The van der Waals surface area contributed by atoms with Crippen LogP contribution in [-0.4, -0.2) is 87.8 Å². The van der Waals surface area contributed by atoms with E-state index in [9.17, 15) is 14.4 Å². The topological polar surface area (TPSA) is 165 Å². The molecule has 268 valence electrons. The largest absolute Gasteiger partial charge is 0.496 e. The molecule has 0 spiro atoms. The van der Waals surface area contributed by atoms with E-state index < -0.39 is 41.9 Å². The van der Waals surface area contributed by atoms with Gasteiger partial charge in [-0.2, -0.15) is 0 Å². The van der Waals surface area contributed by atoms with Gasteiger partial charge in [-0.05, 0) is 107 Å². The molecule has 4 aliphatic rings. The SMILES string of the molecule is COc1c(CC(NC(=O)Cc2nnnn2CCNC(=O)OC(C)(C)C)B2O[C@@H]3C[C@@H]4C[C@@H](C4(C)C)[C@]3(C)O2)cccc1C(=O)OC(C)(C)C. The Morgan fingerprint density at radius 3 is 2.45 bits per heavy atom. The van der Waals surface area contributed by atoms with Crippen molar-refractivity contribution >= 4 is 25.1 Å². The molecule has 3 aliphatic carbocycles. The molecule has 1 unspecified atom stereocenters. The first-order valence-corrected chi connectivity index (χ1v) is 17.0. The first-order valence-electron chi connectivity index (χ1n) is 17.0. The number of nitrogens with one attached hydrogen (secondary N) is 2. The molecule has 2 amide bonds. The van der Waals surface area contributed by atoms with Gasteiger partial charge in [0.15, 0.2) is 5.82 Å². The van der Waals surface area contributed by atoms with Crippen LogP contribution in [0, 0.1) is 17.3 Å². The van der Waals surface area contributed by atoms with E-state index in [1.165, 1.54) is 11.8 Å². The third-order valence-electron chi connectivity index (χ3n) is 9.92. The molecule has 2 bridgehead atoms. The first kappa shape index (κ1) is 36.6. The lowest BCUT2D eigenvalue weighted by Gasteiger charge is -2.64. The molecule has 1 aliphatic heterocycles. The average molecular weight is 683 g/mol. The third kappa shape index (κ3) is 8.03. The fourth-order valence-corrected chi connectivity index (χ4v) is 7.51. The minimum Gasteiger partial charge on any atom is -0.496 e. The Balaban J connectivity index is 1.34. The number of hydrogen-bond acceptors (Lipinski definition) is 11. The van der Waals surface area contributed by atoms with E-state index in [-0.39, 0.29) is 48.9 Å². The maximum Gasteiger partial charge on any atom is 0.482 e. The molecule has 1 aromatic carbocycles. The standard InChI is InChI=1S/C34H51BN6O8/c1-31(2,3)46-29(43)22-13-11-12-20(28(22)45-10)16-25(35-48-24-18-21-17-23(33(21,7)8)34(24,9)49-35)37-27(42)19-26-38-39-40-41(26)15-14-36-30(44)47-32(4,5)6/h11-13,21,23-25H,14-19H2,1-10H3,(H,36,44)(H,37,42)/t21-,23-,24+,25?,34-/m0/s1. The van der Waals surface area contributed by atoms with Crippen LogP contribution in [0.2, 0.25) is 0 Å². The number of alkyl carbamates (subject to hydrolysis) is 1. The summed E-state index contributed by atoms with van der Waals surface area (Å²) >= 11 is 0. The molecule has 49 heavy (non-hydrogen) atoms. The number of esters is 1. The van der Waals surface area contributed by atoms with Gasteiger partial charge in [0.05, 0.1) is 37.7 Å². The van der Waals surface area contributed by atoms with E-state index in [0.29, 0.717) is 29.0 Å². The summed E-state index contributed by atoms with van der Waals surface area (Å²) < 4.78 is 31.6. The molecule has 6 rings (SSSR count). The number of methoxy groups -OCH3 is 1. The van der Waals surface area contributed by atoms with Crippen LogP contribution in [0.4, 0.5) is 4.79 Å². The Morgan fingerprint density at radius 1 is 1.08 bits per heavy atom. The van der Waals surface area contributed by atoms with E-state index in [4.69, 9.17) is 23.5 Å². The highest BCUT2D eigenvalue weighted by atomic mass is 16.7. The van der Waals surface area contributed by atoms with Crippen molar-refractivity contribution in [1.82, 2.24) is 30.8 Å². The zero-order valence-electron chi connectivity index (χ0n) is 30.4. The number of benzene rings is 1. The van der Waals surface area contributed by atoms with Crippen LogP contribution in [0.25, 0.3) is 0 Å². The fraction of sp³-hybridized carbons (Fsp3) is 0.706. The number of carbonyl (C=O) groups is 3. The van der Waals surface area contributed by atoms with Crippen LogP contribution >= 0.6 is 0 Å². The van der Waals surface area contributed by atoms with Gasteiger partial charge >= 0.3 is 19.2 Å². The number of carbonyl (C=O) groups excluding carboxylic acids is 3. The highest BCUT2D eigenvalue weighted by Crippen LogP contribution is 2.65. The molecule has 15 heteroatoms. The highest BCUT2D eigenvalue weighted by Gasteiger charge is 2.68. The van der Waals surface area contributed by atoms with E-state index in [1.807, 2.05) is 6.07 Å². The van der Waals surface area contributed by atoms with Gasteiger partial charge in [0, 0.05) is 6.54 Å². The number of nitrogens with zero attached hydrogens (tertiary/aromatic N) is 4. The molecule has 1 saturated heterocycles. The predicted molar refractivity (Wildman–Crippen MR) is 180 cm³/mol. The van der Waals surface area contributed by atoms with Gasteiger partial charge in [0.1, 0.15) is 22.5 Å². The predicted octanol–water partition coefficient (Wildman–Crippen LogP) is 3.70. The minimum absolute atomic E-state index is 0.103. The summed E-state index contributed by atoms with van der Waals surface area (Å²) in [7, 11) is 0.753. The lowest BCUT2D eigenvalue weighted by Crippen LogP contribution is -2.65. The van der Waals surface area contributed by atoms with E-state index >= 15 is 0 Å². The van der Waals surface area contributed by atoms with Crippen molar-refractivity contribution in [3.05, 3.63) is 35.2 Å². The Bertz CT molecular complexity index is 1550. The average Bonchev–Trinajstić information content (AvgIpc) is 3.57. The fourth-order valence-electron chi connectivity index (χ4n) is 7.51. The molecule has 5 atom stereocenters. The molecule has 3 saturated carbocycles. The molecular formula is C34H51BN6O8. The second kappa shape index (κ2) is 13.5. The van der Waals surface area contributed by atoms with Gasteiger partial charge in [-0.1, -0.05) is 26.0 Å². The van der Waals surface area contributed by atoms with Crippen molar-refractivity contribution in [3.8, 4) is 5.75 Å². The summed E-state index contributed by atoms with van der Waals surface area (Å²) in [5.41, 5.74) is -0.705. The number of ether oxygens (including phenoxy) is 3. The Morgan fingerprint density at radius 2 is 1.80 bits per heavy atom. The molecule has 0 radical (unpaired) electrons. The maximum atomic E-state index is 13.7. The maximum absolute atomic E-state index is 13.7. The summed E-state index contributed by atoms with van der Waals surface area (Å²) in [5.74, 6) is 0.0741. The van der Waals surface area contributed by atoms with Crippen LogP contribution in [0.5, 0.6) is 5.75 Å². The summed E-state index contributed by atoms with van der Waals surface area (Å²) in [6, 6.07) is 5.28. The van der Waals surface area contributed by atoms with Gasteiger partial charge in [0.2, 0.25) is 5.91 Å². The van der Waals surface area contributed by atoms with Crippen molar-refractivity contribution in [3.63, 3.8) is 0 Å². The summed E-state index contributed by atoms with van der Waals surface area (Å²) in [5, 5.41) is 17.6. The monoisotopic (exact) mass is 682 g/mol. The number of amides is 2. The van der Waals surface area contributed by atoms with E-state index in [0.717, 1.165) is 12.8 Å². The second-order valence-electron chi connectivity index (χ2n) is 16.1. The van der Waals surface area contributed by atoms with Crippen LogP contribution in [-0.2, 0) is 43.0 Å². The van der Waals surface area contributed by atoms with Gasteiger partial charge in [-0.3, -0.25) is 4.79 Å². The molecular weight excluding hydrogens is 631 g/mol. The smallest absolute Gasteiger partial charge is 0.482 e. The quantitative estimate of drug-likeness (QED) is 0.262. The number of rotatable bonds is 11. The number of hydrogen-bond donors (Lipinski definition) is 2. The first-order chi connectivity index (χ1) is 22.8. The highest BCUT2D eigenvalue weighted by molar-refractivity contribution is 6.48. The zero-order chi connectivity index (χ0) is 35.9. The van der Waals surface area contributed by atoms with Gasteiger partial charge in [-0.25, -0.2) is 14.3 Å². The third-order valence-corrected chi connectivity index (χ3v) is 9.92. The van der Waals surface area contributed by atoms with Crippen molar-refractivity contribution in [2.75, 3.05) is 13.7 Å². The lowest BCUT2D eigenvalue weighted by atomic mass is 9.43. The van der Waals surface area contributed by atoms with E-state index in [1.54, 1.807) is 53.7 Å². The molecule has 2 N–H and O–H groups in total. The van der Waals surface area contributed by atoms with Crippen molar-refractivity contribution < 1.29 is 37.9 Å². The summed E-state index contributed by atoms with van der Waals surface area (Å²) in [6.07, 6.45) is 1.44. The Labute approximate surface area is 288 Å². The molecule has 4 fully saturated rings. The van der Waals surface area contributed by atoms with Crippen molar-refractivity contribution in [2.45, 2.75) is 123 Å². The van der Waals surface area contributed by atoms with Gasteiger partial charge in [0.25, 0.3) is 0 Å². The molecule has 14 nitrogen and oxygen atoms in total. The number of para-hydroxylation sites is 1. The van der Waals surface area contributed by atoms with Crippen LogP contribution in [0.3, 0.4) is 0 Å². The summed E-state index contributed by atoms with van der Waals surface area (Å²) in [6.45, 7) is 17.9. The second-order valence-corrected chi connectivity index (χ2v) is 16.1. The van der Waals surface area contributed by atoms with Gasteiger partial charge in [-0.15, -0.1) is 5.10 Å².